The summed E-state index contributed by atoms with van der Waals surface area (Å²) >= 11 is 7.34. The predicted octanol–water partition coefficient (Wildman–Crippen LogP) is 10.7. The van der Waals surface area contributed by atoms with Gasteiger partial charge in [-0.3, -0.25) is 0 Å². The lowest BCUT2D eigenvalue weighted by Gasteiger charge is -2.07. The van der Waals surface area contributed by atoms with Gasteiger partial charge in [0.2, 0.25) is 0 Å². The summed E-state index contributed by atoms with van der Waals surface area (Å²) in [4.78, 5) is 18.1. The number of hydrogen-bond acceptors (Lipinski definition) is 2. The van der Waals surface area contributed by atoms with Crippen LogP contribution in [0.15, 0.2) is 18.2 Å². The van der Waals surface area contributed by atoms with Crippen molar-refractivity contribution in [1.82, 2.24) is 19.9 Å². The van der Waals surface area contributed by atoms with Crippen LogP contribution >= 0.6 is 11.6 Å². The zero-order chi connectivity index (χ0) is 29.4. The van der Waals surface area contributed by atoms with Crippen LogP contribution in [-0.4, -0.2) is 19.9 Å². The zero-order valence-corrected chi connectivity index (χ0v) is 26.9. The Morgan fingerprint density at radius 2 is 0.780 bits per heavy atom. The highest BCUT2D eigenvalue weighted by Gasteiger charge is 2.26. The van der Waals surface area contributed by atoms with Gasteiger partial charge >= 0.3 is 0 Å². The van der Waals surface area contributed by atoms with E-state index in [1.54, 1.807) is 0 Å². The third kappa shape index (κ3) is 4.78. The molecule has 5 heterocycles. The van der Waals surface area contributed by atoms with E-state index in [2.05, 4.69) is 83.6 Å². The van der Waals surface area contributed by atoms with Crippen LogP contribution in [0.3, 0.4) is 0 Å². The largest absolute Gasteiger partial charge is 0.355 e. The molecule has 41 heavy (non-hydrogen) atoms. The molecular weight excluding hydrogens is 524 g/mol. The summed E-state index contributed by atoms with van der Waals surface area (Å²) in [6.07, 6.45) is 7.46. The van der Waals surface area contributed by atoms with Crippen LogP contribution in [0.25, 0.3) is 44.4 Å². The monoisotopic (exact) mass is 568 g/mol. The fraction of sp³-hybridized carbons (Fsp3) is 0.444. The van der Waals surface area contributed by atoms with E-state index in [0.717, 1.165) is 85.2 Å². The maximum atomic E-state index is 7.34. The lowest BCUT2D eigenvalue weighted by Crippen LogP contribution is -1.89. The van der Waals surface area contributed by atoms with E-state index in [0.29, 0.717) is 5.02 Å². The molecule has 5 rings (SSSR count). The molecule has 3 aromatic heterocycles. The molecule has 0 unspecified atom stereocenters. The van der Waals surface area contributed by atoms with Crippen LogP contribution in [0.2, 0.25) is 5.02 Å². The van der Waals surface area contributed by atoms with E-state index in [1.165, 1.54) is 55.6 Å². The normalized spacial score (nSPS) is 13.6. The molecule has 8 bridgehead atoms. The molecule has 0 fully saturated rings. The van der Waals surface area contributed by atoms with Crippen LogP contribution in [-0.2, 0) is 25.7 Å². The minimum absolute atomic E-state index is 0.678. The van der Waals surface area contributed by atoms with Gasteiger partial charge in [-0.2, -0.15) is 0 Å². The number of halogens is 1. The van der Waals surface area contributed by atoms with Crippen LogP contribution in [0.4, 0.5) is 0 Å². The summed E-state index contributed by atoms with van der Waals surface area (Å²) in [5.41, 5.74) is 19.1. The third-order valence-corrected chi connectivity index (χ3v) is 9.40. The number of H-pyrrole nitrogens is 2. The quantitative estimate of drug-likeness (QED) is 0.284. The maximum absolute atomic E-state index is 7.34. The van der Waals surface area contributed by atoms with Crippen LogP contribution in [0, 0.1) is 0 Å². The Morgan fingerprint density at radius 3 is 1.07 bits per heavy atom. The second-order valence-electron chi connectivity index (χ2n) is 11.0. The van der Waals surface area contributed by atoms with Gasteiger partial charge in [-0.15, -0.1) is 0 Å². The van der Waals surface area contributed by atoms with Crippen LogP contribution in [0.1, 0.15) is 126 Å². The average molecular weight is 569 g/mol. The topological polar surface area (TPSA) is 57.4 Å². The fourth-order valence-electron chi connectivity index (χ4n) is 7.14. The number of nitrogens with zero attached hydrogens (tertiary/aromatic N) is 2. The zero-order valence-electron chi connectivity index (χ0n) is 26.2. The van der Waals surface area contributed by atoms with Crippen LogP contribution in [0.5, 0.6) is 0 Å². The molecule has 2 N–H and O–H groups in total. The van der Waals surface area contributed by atoms with Crippen molar-refractivity contribution >= 4 is 56.0 Å². The molecular formula is C36H45ClN4. The van der Waals surface area contributed by atoms with Crippen molar-refractivity contribution in [2.75, 3.05) is 0 Å². The van der Waals surface area contributed by atoms with Crippen molar-refractivity contribution in [2.45, 2.75) is 107 Å². The third-order valence-electron chi connectivity index (χ3n) is 9.05. The summed E-state index contributed by atoms with van der Waals surface area (Å²) in [6, 6.07) is 6.87. The molecule has 3 aromatic rings. The first-order chi connectivity index (χ1) is 19.9. The summed E-state index contributed by atoms with van der Waals surface area (Å²) in [6.45, 7) is 17.9. The van der Waals surface area contributed by atoms with Crippen molar-refractivity contribution in [3.63, 3.8) is 0 Å². The number of allylic oxidation sites excluding steroid dienone is 4. The fourth-order valence-corrected chi connectivity index (χ4v) is 7.45. The Morgan fingerprint density at radius 1 is 0.463 bits per heavy atom. The molecule has 0 amide bonds. The van der Waals surface area contributed by atoms with E-state index in [1.807, 2.05) is 0 Å². The number of rotatable bonds is 8. The average Bonchev–Trinajstić information content (AvgIpc) is 3.71. The Labute approximate surface area is 250 Å². The van der Waals surface area contributed by atoms with Crippen molar-refractivity contribution < 1.29 is 0 Å². The van der Waals surface area contributed by atoms with Crippen molar-refractivity contribution in [3.8, 4) is 0 Å². The molecule has 5 heteroatoms. The lowest BCUT2D eigenvalue weighted by atomic mass is 9.97. The van der Waals surface area contributed by atoms with Gasteiger partial charge in [0.25, 0.3) is 0 Å². The Hall–Kier alpha value is -3.11. The van der Waals surface area contributed by atoms with Gasteiger partial charge in [0.05, 0.1) is 27.8 Å². The van der Waals surface area contributed by atoms with Crippen molar-refractivity contribution in [1.29, 1.82) is 0 Å². The van der Waals surface area contributed by atoms with Crippen molar-refractivity contribution in [3.05, 3.63) is 68.3 Å². The highest BCUT2D eigenvalue weighted by Crippen LogP contribution is 2.43. The van der Waals surface area contributed by atoms with Crippen LogP contribution < -0.4 is 0 Å². The number of aromatic nitrogens is 4. The highest BCUT2D eigenvalue weighted by atomic mass is 35.5. The SMILES string of the molecule is CCC1=C(CC)c2nc1cc1[nH]c(cc3[nH]c(cc4nc(c2Cl)C(CC)=C4CC)c(CC)c3CC)c(CC)c1CC. The first-order valence-corrected chi connectivity index (χ1v) is 16.2. The molecule has 0 radical (unpaired) electrons. The molecule has 0 saturated carbocycles. The predicted molar refractivity (Wildman–Crippen MR) is 178 cm³/mol. The number of nitrogens with one attached hydrogen (secondary N) is 2. The lowest BCUT2D eigenvalue weighted by molar-refractivity contribution is 1.07. The smallest absolute Gasteiger partial charge is 0.0925 e. The van der Waals surface area contributed by atoms with Gasteiger partial charge < -0.3 is 9.97 Å². The van der Waals surface area contributed by atoms with Gasteiger partial charge in [-0.25, -0.2) is 9.97 Å². The minimum Gasteiger partial charge on any atom is -0.355 e. The maximum Gasteiger partial charge on any atom is 0.0925 e. The summed E-state index contributed by atoms with van der Waals surface area (Å²) in [7, 11) is 0. The van der Waals surface area contributed by atoms with Gasteiger partial charge in [0, 0.05) is 22.1 Å². The molecule has 0 saturated heterocycles. The van der Waals surface area contributed by atoms with E-state index < -0.39 is 0 Å². The first kappa shape index (κ1) is 29.4. The number of aromatic amines is 2. The number of aryl methyl sites for hydroxylation is 4. The van der Waals surface area contributed by atoms with Gasteiger partial charge in [-0.1, -0.05) is 67.0 Å². The molecule has 0 atom stereocenters. The Balaban J connectivity index is 2.07. The number of fused-ring (bicyclic) bond motifs is 8. The Kier molecular flexibility index (Phi) is 8.61. The molecule has 216 valence electrons. The highest BCUT2D eigenvalue weighted by molar-refractivity contribution is 6.34. The van der Waals surface area contributed by atoms with Gasteiger partial charge in [-0.05, 0) is 114 Å². The summed E-state index contributed by atoms with van der Waals surface area (Å²) < 4.78 is 0. The first-order valence-electron chi connectivity index (χ1n) is 15.8. The minimum atomic E-state index is 0.678. The summed E-state index contributed by atoms with van der Waals surface area (Å²) in [5, 5.41) is 0.678. The van der Waals surface area contributed by atoms with E-state index in [9.17, 15) is 0 Å². The number of hydrogen-bond donors (Lipinski definition) is 2. The van der Waals surface area contributed by atoms with E-state index >= 15 is 0 Å². The van der Waals surface area contributed by atoms with Gasteiger partial charge in [0.1, 0.15) is 0 Å². The van der Waals surface area contributed by atoms with Crippen molar-refractivity contribution in [2.24, 2.45) is 0 Å². The molecule has 0 spiro atoms. The second kappa shape index (κ2) is 12.0. The van der Waals surface area contributed by atoms with E-state index in [-0.39, 0.29) is 0 Å². The summed E-state index contributed by atoms with van der Waals surface area (Å²) in [5.74, 6) is 0. The van der Waals surface area contributed by atoms with E-state index in [4.69, 9.17) is 21.6 Å². The second-order valence-corrected chi connectivity index (χ2v) is 11.4. The molecule has 2 aliphatic heterocycles. The Bertz CT molecular complexity index is 1600. The van der Waals surface area contributed by atoms with Gasteiger partial charge in [0.15, 0.2) is 0 Å². The molecule has 4 nitrogen and oxygen atoms in total. The molecule has 0 aromatic carbocycles. The molecule has 0 aliphatic carbocycles. The molecule has 2 aliphatic rings. The standard InChI is InChI=1S/C36H45ClN4/c1-9-20-22(11-3)30-18-32-24(13-5)26(15-7)35(40-32)34(37)36-27(16-8)25(14-6)33(41-36)19-31-23(12-4)21(10-2)29(39-31)17-28(20)38-30/h17-19,38-39H,9-16H2,1-8H3.